The Labute approximate surface area is 154 Å². The van der Waals surface area contributed by atoms with Gasteiger partial charge in [-0.15, -0.1) is 5.10 Å². The second-order valence-electron chi connectivity index (χ2n) is 7.35. The molecule has 0 unspecified atom stereocenters. The summed E-state index contributed by atoms with van der Waals surface area (Å²) >= 11 is 0. The third-order valence-corrected chi connectivity index (χ3v) is 4.83. The lowest BCUT2D eigenvalue weighted by molar-refractivity contribution is -0.121. The molecule has 1 aliphatic heterocycles. The van der Waals surface area contributed by atoms with Gasteiger partial charge in [0.15, 0.2) is 5.82 Å². The van der Waals surface area contributed by atoms with Crippen molar-refractivity contribution in [2.24, 2.45) is 5.73 Å². The van der Waals surface area contributed by atoms with E-state index in [1.165, 1.54) is 5.56 Å². The van der Waals surface area contributed by atoms with Gasteiger partial charge in [-0.3, -0.25) is 4.79 Å². The van der Waals surface area contributed by atoms with Gasteiger partial charge in [-0.25, -0.2) is 0 Å². The number of hydrogen-bond donors (Lipinski definition) is 2. The number of amides is 1. The quantitative estimate of drug-likeness (QED) is 0.856. The lowest BCUT2D eigenvalue weighted by atomic mass is 10.0. The number of carbonyl (C=O) groups excluding carboxylic acids is 1. The number of rotatable bonds is 5. The van der Waals surface area contributed by atoms with Crippen LogP contribution >= 0.6 is 0 Å². The number of aryl methyl sites for hydroxylation is 1. The molecule has 0 bridgehead atoms. The van der Waals surface area contributed by atoms with Crippen LogP contribution in [0.1, 0.15) is 36.6 Å². The lowest BCUT2D eigenvalue weighted by Gasteiger charge is -2.17. The van der Waals surface area contributed by atoms with Gasteiger partial charge in [-0.1, -0.05) is 38.1 Å². The van der Waals surface area contributed by atoms with Gasteiger partial charge in [0.05, 0.1) is 18.2 Å². The summed E-state index contributed by atoms with van der Waals surface area (Å²) in [6.07, 6.45) is 0.367. The number of nitrogens with zero attached hydrogens (tertiary/aromatic N) is 3. The molecule has 6 nitrogen and oxygen atoms in total. The maximum absolute atomic E-state index is 12.4. The summed E-state index contributed by atoms with van der Waals surface area (Å²) in [5.41, 5.74) is 9.40. The SMILES string of the molecule is Cc1ccc(N2C[C@H](N)[C@H](NC(=O)Cc3ccc(C(C)C)cc3)C2)nn1. The highest BCUT2D eigenvalue weighted by atomic mass is 16.1. The zero-order valence-electron chi connectivity index (χ0n) is 15.6. The first kappa shape index (κ1) is 18.3. The van der Waals surface area contributed by atoms with Crippen LogP contribution in [-0.4, -0.2) is 41.3 Å². The van der Waals surface area contributed by atoms with Crippen LogP contribution in [0.3, 0.4) is 0 Å². The van der Waals surface area contributed by atoms with Crippen molar-refractivity contribution in [3.8, 4) is 0 Å². The van der Waals surface area contributed by atoms with E-state index in [1.807, 2.05) is 31.2 Å². The number of benzene rings is 1. The fourth-order valence-electron chi connectivity index (χ4n) is 3.19. The van der Waals surface area contributed by atoms with Crippen LogP contribution < -0.4 is 16.0 Å². The largest absolute Gasteiger partial charge is 0.351 e. The van der Waals surface area contributed by atoms with Crippen molar-refractivity contribution in [2.75, 3.05) is 18.0 Å². The number of carbonyl (C=O) groups is 1. The molecular weight excluding hydrogens is 326 g/mol. The minimum absolute atomic E-state index is 0.000382. The lowest BCUT2D eigenvalue weighted by Crippen LogP contribution is -2.47. The van der Waals surface area contributed by atoms with Crippen molar-refractivity contribution in [2.45, 2.75) is 45.2 Å². The van der Waals surface area contributed by atoms with Crippen LogP contribution in [0.15, 0.2) is 36.4 Å². The molecule has 2 atom stereocenters. The Balaban J connectivity index is 1.56. The Kier molecular flexibility index (Phi) is 5.52. The van der Waals surface area contributed by atoms with Crippen molar-refractivity contribution in [3.05, 3.63) is 53.2 Å². The molecule has 1 saturated heterocycles. The maximum atomic E-state index is 12.4. The molecule has 1 fully saturated rings. The number of anilines is 1. The van der Waals surface area contributed by atoms with Crippen LogP contribution in [0, 0.1) is 6.92 Å². The number of nitrogens with two attached hydrogens (primary N) is 1. The summed E-state index contributed by atoms with van der Waals surface area (Å²) in [7, 11) is 0. The fourth-order valence-corrected chi connectivity index (χ4v) is 3.19. The normalized spacial score (nSPS) is 19.8. The van der Waals surface area contributed by atoms with Crippen molar-refractivity contribution < 1.29 is 4.79 Å². The smallest absolute Gasteiger partial charge is 0.224 e. The van der Waals surface area contributed by atoms with Gasteiger partial charge in [0, 0.05) is 19.1 Å². The van der Waals surface area contributed by atoms with Crippen LogP contribution in [0.5, 0.6) is 0 Å². The molecule has 6 heteroatoms. The maximum Gasteiger partial charge on any atom is 0.224 e. The van der Waals surface area contributed by atoms with E-state index < -0.39 is 0 Å². The third kappa shape index (κ3) is 4.38. The van der Waals surface area contributed by atoms with E-state index in [1.54, 1.807) is 0 Å². The zero-order valence-corrected chi connectivity index (χ0v) is 15.6. The Morgan fingerprint density at radius 2 is 1.92 bits per heavy atom. The Morgan fingerprint density at radius 1 is 1.19 bits per heavy atom. The molecule has 26 heavy (non-hydrogen) atoms. The molecule has 0 aliphatic carbocycles. The molecule has 2 heterocycles. The topological polar surface area (TPSA) is 84.1 Å². The van der Waals surface area contributed by atoms with Crippen LogP contribution in [0.2, 0.25) is 0 Å². The second kappa shape index (κ2) is 7.83. The molecule has 1 aromatic heterocycles. The highest BCUT2D eigenvalue weighted by Gasteiger charge is 2.32. The molecule has 1 amide bonds. The first-order valence-corrected chi connectivity index (χ1v) is 9.11. The highest BCUT2D eigenvalue weighted by molar-refractivity contribution is 5.79. The van der Waals surface area contributed by atoms with Crippen LogP contribution in [0.4, 0.5) is 5.82 Å². The minimum Gasteiger partial charge on any atom is -0.351 e. The second-order valence-corrected chi connectivity index (χ2v) is 7.35. The van der Waals surface area contributed by atoms with Crippen molar-refractivity contribution in [1.29, 1.82) is 0 Å². The Morgan fingerprint density at radius 3 is 2.54 bits per heavy atom. The summed E-state index contributed by atoms with van der Waals surface area (Å²) in [4.78, 5) is 14.5. The molecule has 0 saturated carbocycles. The fraction of sp³-hybridized carbons (Fsp3) is 0.450. The number of nitrogens with one attached hydrogen (secondary N) is 1. The van der Waals surface area contributed by atoms with E-state index in [0.717, 1.165) is 17.1 Å². The summed E-state index contributed by atoms with van der Waals surface area (Å²) in [6.45, 7) is 7.53. The Hall–Kier alpha value is -2.47. The average molecular weight is 353 g/mol. The zero-order chi connectivity index (χ0) is 18.7. The number of aromatic nitrogens is 2. The first-order chi connectivity index (χ1) is 12.4. The summed E-state index contributed by atoms with van der Waals surface area (Å²) in [5.74, 6) is 1.29. The van der Waals surface area contributed by atoms with Gasteiger partial charge in [0.1, 0.15) is 0 Å². The molecule has 138 valence electrons. The van der Waals surface area contributed by atoms with Gasteiger partial charge in [0.2, 0.25) is 5.91 Å². The van der Waals surface area contributed by atoms with E-state index in [9.17, 15) is 4.79 Å². The van der Waals surface area contributed by atoms with Crippen LogP contribution in [0.25, 0.3) is 0 Å². The summed E-state index contributed by atoms with van der Waals surface area (Å²) < 4.78 is 0. The predicted octanol–water partition coefficient (Wildman–Crippen LogP) is 1.78. The molecule has 1 aromatic carbocycles. The monoisotopic (exact) mass is 353 g/mol. The summed E-state index contributed by atoms with van der Waals surface area (Å²) in [6, 6.07) is 11.9. The first-order valence-electron chi connectivity index (χ1n) is 9.11. The highest BCUT2D eigenvalue weighted by Crippen LogP contribution is 2.18. The molecule has 0 spiro atoms. The van der Waals surface area contributed by atoms with E-state index in [-0.39, 0.29) is 18.0 Å². The Bertz CT molecular complexity index is 742. The van der Waals surface area contributed by atoms with Gasteiger partial charge >= 0.3 is 0 Å². The van der Waals surface area contributed by atoms with Gasteiger partial charge in [-0.05, 0) is 36.1 Å². The van der Waals surface area contributed by atoms with Gasteiger partial charge < -0.3 is 16.0 Å². The van der Waals surface area contributed by atoms with Gasteiger partial charge in [0.25, 0.3) is 0 Å². The van der Waals surface area contributed by atoms with Crippen molar-refractivity contribution in [3.63, 3.8) is 0 Å². The van der Waals surface area contributed by atoms with E-state index in [0.29, 0.717) is 25.4 Å². The van der Waals surface area contributed by atoms with E-state index >= 15 is 0 Å². The molecule has 3 N–H and O–H groups in total. The molecule has 2 aromatic rings. The molecule has 3 rings (SSSR count). The molecular formula is C20H27N5O. The molecule has 0 radical (unpaired) electrons. The van der Waals surface area contributed by atoms with Crippen molar-refractivity contribution in [1.82, 2.24) is 15.5 Å². The van der Waals surface area contributed by atoms with Crippen molar-refractivity contribution >= 4 is 11.7 Å². The molecule has 1 aliphatic rings. The summed E-state index contributed by atoms with van der Waals surface area (Å²) in [5, 5.41) is 11.4. The van der Waals surface area contributed by atoms with E-state index in [4.69, 9.17) is 5.73 Å². The van der Waals surface area contributed by atoms with Gasteiger partial charge in [-0.2, -0.15) is 5.10 Å². The average Bonchev–Trinajstić information content (AvgIpc) is 2.96. The van der Waals surface area contributed by atoms with E-state index in [2.05, 4.69) is 46.4 Å². The third-order valence-electron chi connectivity index (χ3n) is 4.83. The standard InChI is InChI=1S/C20H27N5O/c1-13(2)16-7-5-15(6-8-16)10-20(26)22-18-12-25(11-17(18)21)19-9-4-14(3)23-24-19/h4-9,13,17-18H,10-12,21H2,1-3H3,(H,22,26)/t17-,18+/m0/s1. The van der Waals surface area contributed by atoms with Crippen LogP contribution in [-0.2, 0) is 11.2 Å². The number of hydrogen-bond acceptors (Lipinski definition) is 5. The minimum atomic E-state index is -0.120. The predicted molar refractivity (Wildman–Crippen MR) is 103 cm³/mol.